The number of ether oxygens (including phenoxy) is 1. The second-order valence-corrected chi connectivity index (χ2v) is 5.56. The zero-order chi connectivity index (χ0) is 16.7. The summed E-state index contributed by atoms with van der Waals surface area (Å²) in [7, 11) is 0. The fourth-order valence-electron chi connectivity index (χ4n) is 2.18. The molecular weight excluding hydrogens is 288 g/mol. The number of aryl methyl sites for hydroxylation is 2. The topological polar surface area (TPSA) is 50.4 Å². The zero-order valence-electron chi connectivity index (χ0n) is 14.0. The zero-order valence-corrected chi connectivity index (χ0v) is 14.0. The number of rotatable bonds is 7. The molecule has 0 fully saturated rings. The maximum Gasteiger partial charge on any atom is 0.262 e. The minimum absolute atomic E-state index is 0.0000609. The van der Waals surface area contributed by atoms with Crippen LogP contribution in [0.1, 0.15) is 23.6 Å². The van der Waals surface area contributed by atoms with E-state index >= 15 is 0 Å². The lowest BCUT2D eigenvalue weighted by Crippen LogP contribution is -2.20. The average Bonchev–Trinajstić information content (AvgIpc) is 2.54. The number of amides is 1. The molecule has 0 heterocycles. The average molecular weight is 312 g/mol. The van der Waals surface area contributed by atoms with Crippen LogP contribution < -0.4 is 15.4 Å². The van der Waals surface area contributed by atoms with E-state index in [1.807, 2.05) is 56.3 Å². The molecule has 0 atom stereocenters. The Labute approximate surface area is 137 Å². The predicted molar refractivity (Wildman–Crippen MR) is 93.9 cm³/mol. The summed E-state index contributed by atoms with van der Waals surface area (Å²) < 4.78 is 5.55. The van der Waals surface area contributed by atoms with Gasteiger partial charge in [-0.25, -0.2) is 0 Å². The molecule has 1 amide bonds. The molecule has 0 unspecified atom stereocenters. The van der Waals surface area contributed by atoms with Gasteiger partial charge in [0.25, 0.3) is 5.91 Å². The smallest absolute Gasteiger partial charge is 0.262 e. The summed E-state index contributed by atoms with van der Waals surface area (Å²) in [5.74, 6) is 0.549. The van der Waals surface area contributed by atoms with Crippen molar-refractivity contribution < 1.29 is 9.53 Å². The third kappa shape index (κ3) is 5.42. The highest BCUT2D eigenvalue weighted by Gasteiger charge is 2.05. The minimum atomic E-state index is -0.163. The monoisotopic (exact) mass is 312 g/mol. The molecule has 4 nitrogen and oxygen atoms in total. The Kier molecular flexibility index (Phi) is 6.18. The van der Waals surface area contributed by atoms with Gasteiger partial charge < -0.3 is 15.4 Å². The van der Waals surface area contributed by atoms with Crippen molar-refractivity contribution in [2.45, 2.75) is 27.3 Å². The van der Waals surface area contributed by atoms with Gasteiger partial charge in [0.2, 0.25) is 0 Å². The van der Waals surface area contributed by atoms with Crippen molar-refractivity contribution in [1.29, 1.82) is 0 Å². The standard InChI is InChI=1S/C19H24N2O2/c1-4-20-12-16-6-5-7-17(11-16)21-19(22)13-23-18-9-8-14(2)15(3)10-18/h5-11,20H,4,12-13H2,1-3H3,(H,21,22). The molecule has 0 aliphatic carbocycles. The second-order valence-electron chi connectivity index (χ2n) is 5.56. The van der Waals surface area contributed by atoms with Crippen molar-refractivity contribution in [3.05, 3.63) is 59.2 Å². The van der Waals surface area contributed by atoms with Gasteiger partial charge in [0.05, 0.1) is 0 Å². The van der Waals surface area contributed by atoms with Crippen molar-refractivity contribution in [2.75, 3.05) is 18.5 Å². The van der Waals surface area contributed by atoms with Crippen molar-refractivity contribution in [3.8, 4) is 5.75 Å². The number of carbonyl (C=O) groups is 1. The first-order valence-electron chi connectivity index (χ1n) is 7.88. The van der Waals surface area contributed by atoms with E-state index in [9.17, 15) is 4.79 Å². The molecule has 122 valence electrons. The first-order valence-corrected chi connectivity index (χ1v) is 7.88. The van der Waals surface area contributed by atoms with Crippen LogP contribution in [0.3, 0.4) is 0 Å². The van der Waals surface area contributed by atoms with Crippen LogP contribution in [0.25, 0.3) is 0 Å². The van der Waals surface area contributed by atoms with E-state index in [-0.39, 0.29) is 12.5 Å². The van der Waals surface area contributed by atoms with Crippen LogP contribution in [-0.2, 0) is 11.3 Å². The maximum absolute atomic E-state index is 12.0. The van der Waals surface area contributed by atoms with Gasteiger partial charge in [-0.2, -0.15) is 0 Å². The van der Waals surface area contributed by atoms with E-state index in [1.165, 1.54) is 5.56 Å². The van der Waals surface area contributed by atoms with Gasteiger partial charge in [-0.1, -0.05) is 25.1 Å². The van der Waals surface area contributed by atoms with E-state index in [1.54, 1.807) is 0 Å². The fourth-order valence-corrected chi connectivity index (χ4v) is 2.18. The summed E-state index contributed by atoms with van der Waals surface area (Å²) in [4.78, 5) is 12.0. The molecule has 2 rings (SSSR count). The van der Waals surface area contributed by atoms with Gasteiger partial charge in [0.1, 0.15) is 5.75 Å². The highest BCUT2D eigenvalue weighted by molar-refractivity contribution is 5.91. The summed E-state index contributed by atoms with van der Waals surface area (Å²) in [6.45, 7) is 7.85. The molecule has 2 N–H and O–H groups in total. The molecule has 0 radical (unpaired) electrons. The fraction of sp³-hybridized carbons (Fsp3) is 0.316. The van der Waals surface area contributed by atoms with Crippen molar-refractivity contribution in [2.24, 2.45) is 0 Å². The third-order valence-corrected chi connectivity index (χ3v) is 3.64. The summed E-state index contributed by atoms with van der Waals surface area (Å²) in [5, 5.41) is 6.13. The van der Waals surface area contributed by atoms with Crippen LogP contribution in [-0.4, -0.2) is 19.1 Å². The number of anilines is 1. The molecule has 0 aliphatic heterocycles. The summed E-state index contributed by atoms with van der Waals surface area (Å²) in [6.07, 6.45) is 0. The molecule has 0 saturated heterocycles. The number of hydrogen-bond acceptors (Lipinski definition) is 3. The Balaban J connectivity index is 1.88. The number of hydrogen-bond donors (Lipinski definition) is 2. The Bertz CT molecular complexity index is 668. The highest BCUT2D eigenvalue weighted by atomic mass is 16.5. The van der Waals surface area contributed by atoms with Gasteiger partial charge in [-0.15, -0.1) is 0 Å². The summed E-state index contributed by atoms with van der Waals surface area (Å²) in [5.41, 5.74) is 4.28. The van der Waals surface area contributed by atoms with Crippen molar-refractivity contribution in [3.63, 3.8) is 0 Å². The van der Waals surface area contributed by atoms with Crippen molar-refractivity contribution in [1.82, 2.24) is 5.32 Å². The molecule has 0 bridgehead atoms. The lowest BCUT2D eigenvalue weighted by Gasteiger charge is -2.10. The Hall–Kier alpha value is -2.33. The van der Waals surface area contributed by atoms with Crippen LogP contribution >= 0.6 is 0 Å². The van der Waals surface area contributed by atoms with Gasteiger partial charge in [0.15, 0.2) is 6.61 Å². The van der Waals surface area contributed by atoms with E-state index in [2.05, 4.69) is 17.6 Å². The largest absolute Gasteiger partial charge is 0.484 e. The first kappa shape index (κ1) is 17.0. The van der Waals surface area contributed by atoms with E-state index < -0.39 is 0 Å². The lowest BCUT2D eigenvalue weighted by atomic mass is 10.1. The Morgan fingerprint density at radius 1 is 1.09 bits per heavy atom. The van der Waals surface area contributed by atoms with E-state index in [4.69, 9.17) is 4.74 Å². The molecule has 4 heteroatoms. The van der Waals surface area contributed by atoms with E-state index in [0.717, 1.165) is 29.9 Å². The normalized spacial score (nSPS) is 10.4. The molecular formula is C19H24N2O2. The van der Waals surface area contributed by atoms with Crippen LogP contribution in [0.2, 0.25) is 0 Å². The molecule has 23 heavy (non-hydrogen) atoms. The molecule has 2 aromatic carbocycles. The quantitative estimate of drug-likeness (QED) is 0.823. The van der Waals surface area contributed by atoms with E-state index in [0.29, 0.717) is 5.75 Å². The van der Waals surface area contributed by atoms with Gasteiger partial charge >= 0.3 is 0 Å². The summed E-state index contributed by atoms with van der Waals surface area (Å²) >= 11 is 0. The molecule has 0 aromatic heterocycles. The van der Waals surface area contributed by atoms with Crippen LogP contribution in [0.15, 0.2) is 42.5 Å². The molecule has 2 aromatic rings. The minimum Gasteiger partial charge on any atom is -0.484 e. The van der Waals surface area contributed by atoms with Gasteiger partial charge in [-0.3, -0.25) is 4.79 Å². The number of carbonyl (C=O) groups excluding carboxylic acids is 1. The second kappa shape index (κ2) is 8.34. The van der Waals surface area contributed by atoms with Gasteiger partial charge in [0, 0.05) is 12.2 Å². The number of nitrogens with one attached hydrogen (secondary N) is 2. The Morgan fingerprint density at radius 2 is 1.91 bits per heavy atom. The molecule has 0 aliphatic rings. The lowest BCUT2D eigenvalue weighted by molar-refractivity contribution is -0.118. The molecule has 0 saturated carbocycles. The van der Waals surface area contributed by atoms with Crippen molar-refractivity contribution >= 4 is 11.6 Å². The predicted octanol–water partition coefficient (Wildman–Crippen LogP) is 3.43. The Morgan fingerprint density at radius 3 is 2.65 bits per heavy atom. The van der Waals surface area contributed by atoms with Gasteiger partial charge in [-0.05, 0) is 61.3 Å². The van der Waals surface area contributed by atoms with Crippen LogP contribution in [0.4, 0.5) is 5.69 Å². The molecule has 0 spiro atoms. The maximum atomic E-state index is 12.0. The SMILES string of the molecule is CCNCc1cccc(NC(=O)COc2ccc(C)c(C)c2)c1. The van der Waals surface area contributed by atoms with Crippen LogP contribution in [0.5, 0.6) is 5.75 Å². The third-order valence-electron chi connectivity index (χ3n) is 3.64. The summed E-state index contributed by atoms with van der Waals surface area (Å²) in [6, 6.07) is 13.6. The van der Waals surface area contributed by atoms with Crippen LogP contribution in [0, 0.1) is 13.8 Å². The number of benzene rings is 2. The highest BCUT2D eigenvalue weighted by Crippen LogP contribution is 2.16. The first-order chi connectivity index (χ1) is 11.1.